The first kappa shape index (κ1) is 15.8. The fourth-order valence-corrected chi connectivity index (χ4v) is 2.98. The highest BCUT2D eigenvalue weighted by molar-refractivity contribution is 9.10. The zero-order chi connectivity index (χ0) is 15.4. The van der Waals surface area contributed by atoms with Crippen molar-refractivity contribution in [3.63, 3.8) is 0 Å². The molecule has 21 heavy (non-hydrogen) atoms. The molecule has 0 saturated carbocycles. The number of halogens is 1. The van der Waals surface area contributed by atoms with Gasteiger partial charge in [0.1, 0.15) is 0 Å². The van der Waals surface area contributed by atoms with E-state index in [4.69, 9.17) is 5.11 Å². The molecule has 1 aromatic carbocycles. The van der Waals surface area contributed by atoms with Gasteiger partial charge < -0.3 is 14.9 Å². The van der Waals surface area contributed by atoms with Crippen LogP contribution in [0.15, 0.2) is 28.7 Å². The Morgan fingerprint density at radius 1 is 1.38 bits per heavy atom. The molecule has 1 aromatic rings. The van der Waals surface area contributed by atoms with Crippen molar-refractivity contribution in [2.45, 2.75) is 19.4 Å². The summed E-state index contributed by atoms with van der Waals surface area (Å²) in [7, 11) is 1.77. The van der Waals surface area contributed by atoms with E-state index in [1.165, 1.54) is 0 Å². The number of carbonyl (C=O) groups is 2. The van der Waals surface area contributed by atoms with E-state index in [2.05, 4.69) is 15.9 Å². The summed E-state index contributed by atoms with van der Waals surface area (Å²) in [6.07, 6.45) is 1.07. The van der Waals surface area contributed by atoms with Crippen LogP contribution in [0.4, 0.5) is 4.79 Å². The smallest absolute Gasteiger partial charge is 0.320 e. The maximum absolute atomic E-state index is 12.4. The second kappa shape index (κ2) is 6.93. The van der Waals surface area contributed by atoms with Gasteiger partial charge in [-0.05, 0) is 30.5 Å². The second-order valence-electron chi connectivity index (χ2n) is 5.37. The number of carbonyl (C=O) groups excluding carboxylic acids is 1. The van der Waals surface area contributed by atoms with Crippen molar-refractivity contribution in [2.24, 2.45) is 5.92 Å². The largest absolute Gasteiger partial charge is 0.481 e. The zero-order valence-corrected chi connectivity index (χ0v) is 13.5. The fourth-order valence-electron chi connectivity index (χ4n) is 2.54. The molecule has 6 heteroatoms. The van der Waals surface area contributed by atoms with Crippen molar-refractivity contribution in [3.05, 3.63) is 34.3 Å². The van der Waals surface area contributed by atoms with E-state index < -0.39 is 5.97 Å². The van der Waals surface area contributed by atoms with Gasteiger partial charge in [0, 0.05) is 31.2 Å². The normalized spacial score (nSPS) is 15.8. The third kappa shape index (κ3) is 4.20. The molecule has 1 N–H and O–H groups in total. The maximum Gasteiger partial charge on any atom is 0.320 e. The lowest BCUT2D eigenvalue weighted by atomic mass is 9.97. The summed E-state index contributed by atoms with van der Waals surface area (Å²) in [6, 6.07) is 7.81. The number of likely N-dealkylation sites (tertiary alicyclic amines) is 1. The highest BCUT2D eigenvalue weighted by Crippen LogP contribution is 2.19. The van der Waals surface area contributed by atoms with Crippen LogP contribution in [-0.2, 0) is 11.3 Å². The van der Waals surface area contributed by atoms with Crippen LogP contribution < -0.4 is 0 Å². The van der Waals surface area contributed by atoms with Gasteiger partial charge >= 0.3 is 12.0 Å². The number of hydrogen-bond acceptors (Lipinski definition) is 2. The zero-order valence-electron chi connectivity index (χ0n) is 12.0. The maximum atomic E-state index is 12.4. The van der Waals surface area contributed by atoms with Crippen LogP contribution in [0, 0.1) is 5.92 Å². The van der Waals surface area contributed by atoms with E-state index in [9.17, 15) is 9.59 Å². The highest BCUT2D eigenvalue weighted by atomic mass is 79.9. The molecular weight excluding hydrogens is 336 g/mol. The van der Waals surface area contributed by atoms with Gasteiger partial charge in [-0.3, -0.25) is 4.79 Å². The summed E-state index contributed by atoms with van der Waals surface area (Å²) in [5.74, 6) is -1.07. The average Bonchev–Trinajstić information content (AvgIpc) is 2.46. The third-order valence-corrected chi connectivity index (χ3v) is 4.24. The predicted molar refractivity (Wildman–Crippen MR) is 82.9 cm³/mol. The number of piperidine rings is 1. The van der Waals surface area contributed by atoms with Crippen molar-refractivity contribution < 1.29 is 14.7 Å². The summed E-state index contributed by atoms with van der Waals surface area (Å²) in [6.45, 7) is 1.56. The molecule has 0 radical (unpaired) electrons. The number of amides is 2. The molecule has 2 amide bonds. The monoisotopic (exact) mass is 354 g/mol. The van der Waals surface area contributed by atoms with Crippen LogP contribution in [0.3, 0.4) is 0 Å². The van der Waals surface area contributed by atoms with Gasteiger partial charge in [0.2, 0.25) is 0 Å². The van der Waals surface area contributed by atoms with Crippen LogP contribution in [-0.4, -0.2) is 47.0 Å². The lowest BCUT2D eigenvalue weighted by molar-refractivity contribution is -0.143. The van der Waals surface area contributed by atoms with Gasteiger partial charge in [-0.2, -0.15) is 0 Å². The molecule has 1 fully saturated rings. The minimum Gasteiger partial charge on any atom is -0.481 e. The van der Waals surface area contributed by atoms with Gasteiger partial charge in [-0.25, -0.2) is 4.79 Å². The summed E-state index contributed by atoms with van der Waals surface area (Å²) in [5.41, 5.74) is 1.06. The summed E-state index contributed by atoms with van der Waals surface area (Å²) in [5, 5.41) is 8.97. The first-order valence-electron chi connectivity index (χ1n) is 6.94. The van der Waals surface area contributed by atoms with Crippen LogP contribution in [0.25, 0.3) is 0 Å². The molecule has 1 aliphatic heterocycles. The Labute approximate surface area is 132 Å². The standard InChI is InChI=1S/C15H19BrN2O3/c1-17(10-11-3-2-4-13(16)9-11)15(21)18-7-5-12(6-8-18)14(19)20/h2-4,9,12H,5-8,10H2,1H3,(H,19,20). The van der Waals surface area contributed by atoms with Crippen molar-refractivity contribution in [1.29, 1.82) is 0 Å². The Morgan fingerprint density at radius 3 is 2.62 bits per heavy atom. The molecule has 114 valence electrons. The molecule has 1 saturated heterocycles. The lowest BCUT2D eigenvalue weighted by Crippen LogP contribution is -2.45. The Balaban J connectivity index is 1.90. The molecule has 0 spiro atoms. The molecule has 0 unspecified atom stereocenters. The third-order valence-electron chi connectivity index (χ3n) is 3.75. The quantitative estimate of drug-likeness (QED) is 0.907. The molecule has 0 aromatic heterocycles. The topological polar surface area (TPSA) is 60.9 Å². The fraction of sp³-hybridized carbons (Fsp3) is 0.467. The van der Waals surface area contributed by atoms with E-state index in [0.29, 0.717) is 32.5 Å². The minimum atomic E-state index is -0.760. The van der Waals surface area contributed by atoms with Gasteiger partial charge in [0.25, 0.3) is 0 Å². The van der Waals surface area contributed by atoms with Crippen molar-refractivity contribution in [1.82, 2.24) is 9.80 Å². The summed E-state index contributed by atoms with van der Waals surface area (Å²) >= 11 is 3.42. The van der Waals surface area contributed by atoms with E-state index in [1.807, 2.05) is 24.3 Å². The Morgan fingerprint density at radius 2 is 2.05 bits per heavy atom. The molecule has 5 nitrogen and oxygen atoms in total. The first-order chi connectivity index (χ1) is 9.97. The predicted octanol–water partition coefficient (Wildman–Crippen LogP) is 2.80. The Bertz CT molecular complexity index is 527. The number of benzene rings is 1. The van der Waals surface area contributed by atoms with Crippen LogP contribution in [0.2, 0.25) is 0 Å². The van der Waals surface area contributed by atoms with Gasteiger partial charge in [-0.15, -0.1) is 0 Å². The number of nitrogens with zero attached hydrogens (tertiary/aromatic N) is 2. The first-order valence-corrected chi connectivity index (χ1v) is 7.74. The van der Waals surface area contributed by atoms with Crippen molar-refractivity contribution >= 4 is 27.9 Å². The van der Waals surface area contributed by atoms with Gasteiger partial charge in [-0.1, -0.05) is 28.1 Å². The number of carboxylic acid groups (broad SMARTS) is 1. The summed E-state index contributed by atoms with van der Waals surface area (Å²) in [4.78, 5) is 26.7. The van der Waals surface area contributed by atoms with Crippen molar-refractivity contribution in [3.8, 4) is 0 Å². The van der Waals surface area contributed by atoms with Crippen LogP contribution in [0.1, 0.15) is 18.4 Å². The van der Waals surface area contributed by atoms with E-state index >= 15 is 0 Å². The van der Waals surface area contributed by atoms with Crippen LogP contribution >= 0.6 is 15.9 Å². The molecule has 2 rings (SSSR count). The number of aliphatic carboxylic acids is 1. The molecule has 0 bridgehead atoms. The molecule has 0 atom stereocenters. The SMILES string of the molecule is CN(Cc1cccc(Br)c1)C(=O)N1CCC(C(=O)O)CC1. The highest BCUT2D eigenvalue weighted by Gasteiger charge is 2.28. The Kier molecular flexibility index (Phi) is 5.22. The van der Waals surface area contributed by atoms with Gasteiger partial charge in [0.05, 0.1) is 5.92 Å². The number of hydrogen-bond donors (Lipinski definition) is 1. The Hall–Kier alpha value is -1.56. The summed E-state index contributed by atoms with van der Waals surface area (Å²) < 4.78 is 0.989. The van der Waals surface area contributed by atoms with E-state index in [1.54, 1.807) is 16.8 Å². The van der Waals surface area contributed by atoms with Gasteiger partial charge in [0.15, 0.2) is 0 Å². The number of rotatable bonds is 3. The van der Waals surface area contributed by atoms with Crippen LogP contribution in [0.5, 0.6) is 0 Å². The lowest BCUT2D eigenvalue weighted by Gasteiger charge is -2.33. The molecule has 0 aliphatic carbocycles. The number of carboxylic acids is 1. The second-order valence-corrected chi connectivity index (χ2v) is 6.28. The van der Waals surface area contributed by atoms with Crippen molar-refractivity contribution in [2.75, 3.05) is 20.1 Å². The molecular formula is C15H19BrN2O3. The van der Waals surface area contributed by atoms with E-state index in [-0.39, 0.29) is 11.9 Å². The molecule has 1 heterocycles. The van der Waals surface area contributed by atoms with E-state index in [0.717, 1.165) is 10.0 Å². The minimum absolute atomic E-state index is 0.0428. The number of urea groups is 1. The average molecular weight is 355 g/mol. The molecule has 1 aliphatic rings.